The van der Waals surface area contributed by atoms with E-state index in [2.05, 4.69) is 5.32 Å². The molecule has 1 aliphatic rings. The van der Waals surface area contributed by atoms with Crippen LogP contribution in [0.2, 0.25) is 0 Å². The molecule has 0 unspecified atom stereocenters. The number of halogens is 1. The number of nitrogens with one attached hydrogen (secondary N) is 1. The Morgan fingerprint density at radius 3 is 2.79 bits per heavy atom. The van der Waals surface area contributed by atoms with Crippen molar-refractivity contribution in [3.63, 3.8) is 0 Å². The maximum Gasteiger partial charge on any atom is 0.129 e. The summed E-state index contributed by atoms with van der Waals surface area (Å²) in [6, 6.07) is 5.74. The summed E-state index contributed by atoms with van der Waals surface area (Å²) in [4.78, 5) is 0. The average Bonchev–Trinajstić information content (AvgIpc) is 2.43. The Bertz CT molecular complexity index is 388. The van der Waals surface area contributed by atoms with Crippen molar-refractivity contribution in [1.29, 1.82) is 0 Å². The van der Waals surface area contributed by atoms with Crippen LogP contribution >= 0.6 is 0 Å². The first-order chi connectivity index (χ1) is 9.25. The summed E-state index contributed by atoms with van der Waals surface area (Å²) in [5.74, 6) is 0.429. The topological polar surface area (TPSA) is 21.3 Å². The van der Waals surface area contributed by atoms with E-state index >= 15 is 0 Å². The maximum absolute atomic E-state index is 13.3. The van der Waals surface area contributed by atoms with Gasteiger partial charge >= 0.3 is 0 Å². The van der Waals surface area contributed by atoms with Crippen molar-refractivity contribution in [3.8, 4) is 5.75 Å². The quantitative estimate of drug-likeness (QED) is 0.789. The molecular formula is C16H24FNO. The monoisotopic (exact) mass is 265 g/mol. The fraction of sp³-hybridized carbons (Fsp3) is 0.625. The van der Waals surface area contributed by atoms with Crippen molar-refractivity contribution in [1.82, 2.24) is 5.32 Å². The Labute approximate surface area is 115 Å². The van der Waals surface area contributed by atoms with Gasteiger partial charge in [0.05, 0.1) is 6.61 Å². The molecule has 0 heterocycles. The summed E-state index contributed by atoms with van der Waals surface area (Å²) < 4.78 is 18.9. The van der Waals surface area contributed by atoms with Crippen LogP contribution in [-0.2, 0) is 0 Å². The number of rotatable bonds is 6. The molecular weight excluding hydrogens is 241 g/mol. The van der Waals surface area contributed by atoms with Crippen molar-refractivity contribution in [2.75, 3.05) is 13.2 Å². The number of ether oxygens (including phenoxy) is 1. The third-order valence-electron chi connectivity index (χ3n) is 3.77. The Balaban J connectivity index is 1.59. The predicted molar refractivity (Wildman–Crippen MR) is 76.1 cm³/mol. The molecule has 0 radical (unpaired) electrons. The summed E-state index contributed by atoms with van der Waals surface area (Å²) in [6.45, 7) is 3.38. The van der Waals surface area contributed by atoms with Crippen molar-refractivity contribution < 1.29 is 9.13 Å². The fourth-order valence-electron chi connectivity index (χ4n) is 2.54. The van der Waals surface area contributed by atoms with E-state index in [1.54, 1.807) is 13.0 Å². The molecule has 19 heavy (non-hydrogen) atoms. The van der Waals surface area contributed by atoms with Crippen LogP contribution in [0.5, 0.6) is 5.75 Å². The van der Waals surface area contributed by atoms with Crippen molar-refractivity contribution in [3.05, 3.63) is 29.6 Å². The first-order valence-electron chi connectivity index (χ1n) is 7.38. The molecule has 3 heteroatoms. The number of benzene rings is 1. The van der Waals surface area contributed by atoms with E-state index in [1.165, 1.54) is 38.2 Å². The summed E-state index contributed by atoms with van der Waals surface area (Å²) >= 11 is 0. The molecule has 0 amide bonds. The second-order valence-corrected chi connectivity index (χ2v) is 5.40. The second kappa shape index (κ2) is 7.49. The molecule has 1 aromatic carbocycles. The average molecular weight is 265 g/mol. The third kappa shape index (κ3) is 4.83. The Morgan fingerprint density at radius 1 is 1.26 bits per heavy atom. The molecule has 106 valence electrons. The molecule has 1 N–H and O–H groups in total. The molecule has 0 saturated heterocycles. The summed E-state index contributed by atoms with van der Waals surface area (Å²) in [7, 11) is 0. The van der Waals surface area contributed by atoms with Crippen molar-refractivity contribution >= 4 is 0 Å². The molecule has 0 atom stereocenters. The minimum atomic E-state index is -0.196. The van der Waals surface area contributed by atoms with Gasteiger partial charge in [-0.1, -0.05) is 25.3 Å². The molecule has 1 fully saturated rings. The van der Waals surface area contributed by atoms with E-state index < -0.39 is 0 Å². The Hall–Kier alpha value is -1.09. The highest BCUT2D eigenvalue weighted by Gasteiger charge is 2.11. The first kappa shape index (κ1) is 14.3. The zero-order chi connectivity index (χ0) is 13.5. The highest BCUT2D eigenvalue weighted by molar-refractivity contribution is 5.27. The molecule has 0 bridgehead atoms. The van der Waals surface area contributed by atoms with Crippen molar-refractivity contribution in [2.24, 2.45) is 0 Å². The normalized spacial score (nSPS) is 16.5. The van der Waals surface area contributed by atoms with Crippen LogP contribution in [0.4, 0.5) is 4.39 Å². The van der Waals surface area contributed by atoms with E-state index in [4.69, 9.17) is 4.74 Å². The van der Waals surface area contributed by atoms with Crippen molar-refractivity contribution in [2.45, 2.75) is 51.5 Å². The van der Waals surface area contributed by atoms with Gasteiger partial charge in [0.15, 0.2) is 0 Å². The lowest BCUT2D eigenvalue weighted by Crippen LogP contribution is -2.32. The largest absolute Gasteiger partial charge is 0.493 e. The van der Waals surface area contributed by atoms with Crippen LogP contribution < -0.4 is 10.1 Å². The molecule has 1 saturated carbocycles. The summed E-state index contributed by atoms with van der Waals surface area (Å²) in [5, 5.41) is 3.57. The van der Waals surface area contributed by atoms with Gasteiger partial charge in [0.25, 0.3) is 0 Å². The molecule has 2 nitrogen and oxygen atoms in total. The van der Waals surface area contributed by atoms with E-state index in [-0.39, 0.29) is 5.82 Å². The summed E-state index contributed by atoms with van der Waals surface area (Å²) in [5.41, 5.74) is 0.659. The lowest BCUT2D eigenvalue weighted by Gasteiger charge is -2.22. The van der Waals surface area contributed by atoms with E-state index in [0.29, 0.717) is 24.0 Å². The van der Waals surface area contributed by atoms with E-state index in [9.17, 15) is 4.39 Å². The molecule has 0 aromatic heterocycles. The van der Waals surface area contributed by atoms with Crippen LogP contribution in [-0.4, -0.2) is 19.2 Å². The van der Waals surface area contributed by atoms with Gasteiger partial charge in [0, 0.05) is 12.1 Å². The van der Waals surface area contributed by atoms with E-state index in [0.717, 1.165) is 13.0 Å². The SMILES string of the molecule is Cc1ccc(OCCCNC2CCCCC2)cc1F. The van der Waals surface area contributed by atoms with Crippen LogP contribution in [0, 0.1) is 12.7 Å². The van der Waals surface area contributed by atoms with Gasteiger partial charge in [-0.05, 0) is 44.4 Å². The molecule has 1 aliphatic carbocycles. The first-order valence-corrected chi connectivity index (χ1v) is 7.38. The van der Waals surface area contributed by atoms with Gasteiger partial charge in [0.2, 0.25) is 0 Å². The molecule has 2 rings (SSSR count). The Morgan fingerprint density at radius 2 is 2.05 bits per heavy atom. The zero-order valence-electron chi connectivity index (χ0n) is 11.8. The Kier molecular flexibility index (Phi) is 5.64. The second-order valence-electron chi connectivity index (χ2n) is 5.40. The minimum absolute atomic E-state index is 0.196. The van der Waals surface area contributed by atoms with Gasteiger partial charge < -0.3 is 10.1 Å². The van der Waals surface area contributed by atoms with Gasteiger partial charge in [0.1, 0.15) is 11.6 Å². The highest BCUT2D eigenvalue weighted by atomic mass is 19.1. The van der Waals surface area contributed by atoms with Gasteiger partial charge in [-0.15, -0.1) is 0 Å². The third-order valence-corrected chi connectivity index (χ3v) is 3.77. The number of hydrogen-bond donors (Lipinski definition) is 1. The molecule has 0 spiro atoms. The van der Waals surface area contributed by atoms with Crippen LogP contribution in [0.3, 0.4) is 0 Å². The van der Waals surface area contributed by atoms with Crippen LogP contribution in [0.15, 0.2) is 18.2 Å². The van der Waals surface area contributed by atoms with Gasteiger partial charge in [-0.2, -0.15) is 0 Å². The molecule has 1 aromatic rings. The number of hydrogen-bond acceptors (Lipinski definition) is 2. The predicted octanol–water partition coefficient (Wildman–Crippen LogP) is 3.83. The zero-order valence-corrected chi connectivity index (χ0v) is 11.8. The smallest absolute Gasteiger partial charge is 0.129 e. The van der Waals surface area contributed by atoms with Gasteiger partial charge in [-0.25, -0.2) is 4.39 Å². The minimum Gasteiger partial charge on any atom is -0.493 e. The number of aryl methyl sites for hydroxylation is 1. The fourth-order valence-corrected chi connectivity index (χ4v) is 2.54. The van der Waals surface area contributed by atoms with Crippen LogP contribution in [0.1, 0.15) is 44.1 Å². The van der Waals surface area contributed by atoms with Crippen LogP contribution in [0.25, 0.3) is 0 Å². The highest BCUT2D eigenvalue weighted by Crippen LogP contribution is 2.17. The van der Waals surface area contributed by atoms with Gasteiger partial charge in [-0.3, -0.25) is 0 Å². The molecule has 0 aliphatic heterocycles. The van der Waals surface area contributed by atoms with E-state index in [1.807, 2.05) is 6.07 Å². The lowest BCUT2D eigenvalue weighted by atomic mass is 9.95. The maximum atomic E-state index is 13.3. The standard InChI is InChI=1S/C16H24FNO/c1-13-8-9-15(12-16(13)17)19-11-5-10-18-14-6-3-2-4-7-14/h8-9,12,14,18H,2-7,10-11H2,1H3. The summed E-state index contributed by atoms with van der Waals surface area (Å²) in [6.07, 6.45) is 7.69. The lowest BCUT2D eigenvalue weighted by molar-refractivity contribution is 0.295.